The first kappa shape index (κ1) is 9.66. The summed E-state index contributed by atoms with van der Waals surface area (Å²) >= 11 is 0. The zero-order valence-electron chi connectivity index (χ0n) is 7.16. The van der Waals surface area contributed by atoms with Gasteiger partial charge >= 0.3 is 6.09 Å². The zero-order chi connectivity index (χ0) is 10.3. The Labute approximate surface area is 79.2 Å². The molecule has 1 amide bonds. The fourth-order valence-corrected chi connectivity index (χ4v) is 1.58. The number of amides is 1. The van der Waals surface area contributed by atoms with Crippen LogP contribution in [0.3, 0.4) is 0 Å². The fourth-order valence-electron chi connectivity index (χ4n) is 1.58. The third-order valence-corrected chi connectivity index (χ3v) is 2.35. The highest BCUT2D eigenvalue weighted by molar-refractivity contribution is 5.68. The molecule has 0 spiro atoms. The molecule has 0 aromatic heterocycles. The third kappa shape index (κ3) is 1.44. The van der Waals surface area contributed by atoms with Crippen molar-refractivity contribution >= 4 is 6.09 Å². The lowest BCUT2D eigenvalue weighted by Crippen LogP contribution is -2.64. The molecule has 5 atom stereocenters. The molecule has 2 heterocycles. The van der Waals surface area contributed by atoms with E-state index in [9.17, 15) is 15.0 Å². The van der Waals surface area contributed by atoms with Crippen LogP contribution in [-0.4, -0.2) is 58.7 Å². The van der Waals surface area contributed by atoms with E-state index in [0.29, 0.717) is 0 Å². The highest BCUT2D eigenvalue weighted by Crippen LogP contribution is 2.23. The van der Waals surface area contributed by atoms with Crippen LogP contribution in [0.25, 0.3) is 0 Å². The largest absolute Gasteiger partial charge is 0.441 e. The van der Waals surface area contributed by atoms with Crippen LogP contribution in [0.4, 0.5) is 4.79 Å². The maximum atomic E-state index is 10.8. The second-order valence-electron chi connectivity index (χ2n) is 3.30. The van der Waals surface area contributed by atoms with Crippen LogP contribution in [0.2, 0.25) is 0 Å². The van der Waals surface area contributed by atoms with Crippen LogP contribution in [0, 0.1) is 0 Å². The van der Waals surface area contributed by atoms with Gasteiger partial charge in [-0.2, -0.15) is 0 Å². The Balaban J connectivity index is 2.12. The number of alkyl carbamates (subject to hydrolysis) is 1. The number of nitrogens with one attached hydrogen (secondary N) is 1. The Morgan fingerprint density at radius 1 is 1.29 bits per heavy atom. The van der Waals surface area contributed by atoms with Crippen molar-refractivity contribution in [2.45, 2.75) is 30.7 Å². The number of rotatable bonds is 0. The summed E-state index contributed by atoms with van der Waals surface area (Å²) in [6.07, 6.45) is -6.47. The number of hydrogen-bond acceptors (Lipinski definition) is 6. The molecule has 0 aliphatic carbocycles. The molecule has 0 bridgehead atoms. The predicted molar refractivity (Wildman–Crippen MR) is 41.2 cm³/mol. The fraction of sp³-hybridized carbons (Fsp3) is 0.857. The topological polar surface area (TPSA) is 108 Å². The van der Waals surface area contributed by atoms with E-state index in [-0.39, 0.29) is 6.54 Å². The maximum Gasteiger partial charge on any atom is 0.407 e. The van der Waals surface area contributed by atoms with Gasteiger partial charge in [0, 0.05) is 0 Å². The first-order valence-electron chi connectivity index (χ1n) is 4.24. The summed E-state index contributed by atoms with van der Waals surface area (Å²) in [6, 6.07) is 0. The smallest absolute Gasteiger partial charge is 0.407 e. The van der Waals surface area contributed by atoms with Crippen LogP contribution >= 0.6 is 0 Å². The number of hydrogen-bond donors (Lipinski definition) is 4. The lowest BCUT2D eigenvalue weighted by Gasteiger charge is -2.42. The summed E-state index contributed by atoms with van der Waals surface area (Å²) in [5.74, 6) is 0. The average Bonchev–Trinajstić information content (AvgIpc) is 2.16. The molecule has 0 saturated carbocycles. The van der Waals surface area contributed by atoms with Crippen molar-refractivity contribution < 1.29 is 29.6 Å². The summed E-state index contributed by atoms with van der Waals surface area (Å²) in [5, 5.41) is 30.2. The Morgan fingerprint density at radius 2 is 2.00 bits per heavy atom. The molecule has 0 radical (unpaired) electrons. The van der Waals surface area contributed by atoms with E-state index in [1.165, 1.54) is 0 Å². The van der Waals surface area contributed by atoms with E-state index in [1.807, 2.05) is 0 Å². The second kappa shape index (κ2) is 3.35. The summed E-state index contributed by atoms with van der Waals surface area (Å²) in [7, 11) is 0. The summed E-state index contributed by atoms with van der Waals surface area (Å²) < 4.78 is 9.65. The van der Waals surface area contributed by atoms with Crippen molar-refractivity contribution in [3.05, 3.63) is 0 Å². The SMILES string of the molecule is O=C1NC[C@H]2O[C@H](O)[C@H](O)[C@@H](O)[C@H]2O1. The zero-order valence-corrected chi connectivity index (χ0v) is 7.16. The maximum absolute atomic E-state index is 10.8. The van der Waals surface area contributed by atoms with E-state index in [1.54, 1.807) is 0 Å². The van der Waals surface area contributed by atoms with Crippen LogP contribution < -0.4 is 5.32 Å². The summed E-state index contributed by atoms with van der Waals surface area (Å²) in [5.41, 5.74) is 0. The van der Waals surface area contributed by atoms with Gasteiger partial charge in [0.2, 0.25) is 0 Å². The molecule has 0 aromatic rings. The minimum atomic E-state index is -1.46. The first-order chi connectivity index (χ1) is 6.59. The monoisotopic (exact) mass is 205 g/mol. The number of carbonyl (C=O) groups excluding carboxylic acids is 1. The molecule has 2 aliphatic heterocycles. The van der Waals surface area contributed by atoms with Gasteiger partial charge in [0.25, 0.3) is 0 Å². The molecule has 80 valence electrons. The van der Waals surface area contributed by atoms with E-state index in [4.69, 9.17) is 14.6 Å². The van der Waals surface area contributed by atoms with Crippen molar-refractivity contribution in [2.24, 2.45) is 0 Å². The Kier molecular flexibility index (Phi) is 2.31. The molecule has 2 rings (SSSR count). The van der Waals surface area contributed by atoms with Gasteiger partial charge in [-0.3, -0.25) is 0 Å². The van der Waals surface area contributed by atoms with Gasteiger partial charge < -0.3 is 30.1 Å². The average molecular weight is 205 g/mol. The van der Waals surface area contributed by atoms with E-state index < -0.39 is 36.8 Å². The number of fused-ring (bicyclic) bond motifs is 1. The van der Waals surface area contributed by atoms with Gasteiger partial charge in [-0.1, -0.05) is 0 Å². The molecule has 14 heavy (non-hydrogen) atoms. The number of ether oxygens (including phenoxy) is 2. The van der Waals surface area contributed by atoms with Crippen molar-refractivity contribution in [3.8, 4) is 0 Å². The molecule has 4 N–H and O–H groups in total. The third-order valence-electron chi connectivity index (χ3n) is 2.35. The molecule has 2 aliphatic rings. The van der Waals surface area contributed by atoms with Crippen LogP contribution in [0.5, 0.6) is 0 Å². The minimum absolute atomic E-state index is 0.143. The lowest BCUT2D eigenvalue weighted by molar-refractivity contribution is -0.284. The predicted octanol–water partition coefficient (Wildman–Crippen LogP) is -2.47. The standard InChI is InChI=1S/C7H11NO6/c9-3-4(10)6(11)13-2-1-8-7(12)14-5(2)3/h2-6,9-11H,1H2,(H,8,12)/t2-,3-,4-,5+,6+/m1/s1. The van der Waals surface area contributed by atoms with Crippen molar-refractivity contribution in [1.82, 2.24) is 5.32 Å². The molecule has 7 heteroatoms. The van der Waals surface area contributed by atoms with Crippen molar-refractivity contribution in [3.63, 3.8) is 0 Å². The van der Waals surface area contributed by atoms with Crippen molar-refractivity contribution in [2.75, 3.05) is 6.54 Å². The molecular formula is C7H11NO6. The van der Waals surface area contributed by atoms with E-state index in [2.05, 4.69) is 5.32 Å². The molecule has 0 unspecified atom stereocenters. The highest BCUT2D eigenvalue weighted by Gasteiger charge is 2.47. The Hall–Kier alpha value is -0.890. The molecule has 7 nitrogen and oxygen atoms in total. The van der Waals surface area contributed by atoms with E-state index >= 15 is 0 Å². The van der Waals surface area contributed by atoms with Gasteiger partial charge in [-0.15, -0.1) is 0 Å². The molecular weight excluding hydrogens is 194 g/mol. The van der Waals surface area contributed by atoms with Gasteiger partial charge in [-0.25, -0.2) is 4.79 Å². The normalized spacial score (nSPS) is 47.6. The minimum Gasteiger partial charge on any atom is -0.441 e. The van der Waals surface area contributed by atoms with Gasteiger partial charge in [0.15, 0.2) is 12.4 Å². The Morgan fingerprint density at radius 3 is 2.71 bits per heavy atom. The first-order valence-corrected chi connectivity index (χ1v) is 4.24. The van der Waals surface area contributed by atoms with Crippen LogP contribution in [-0.2, 0) is 9.47 Å². The van der Waals surface area contributed by atoms with E-state index in [0.717, 1.165) is 0 Å². The quantitative estimate of drug-likeness (QED) is 0.349. The lowest BCUT2D eigenvalue weighted by atomic mass is 9.98. The molecule has 2 fully saturated rings. The number of aliphatic hydroxyl groups is 3. The van der Waals surface area contributed by atoms with Gasteiger partial charge in [-0.05, 0) is 0 Å². The van der Waals surface area contributed by atoms with Gasteiger partial charge in [0.1, 0.15) is 18.3 Å². The number of carbonyl (C=O) groups is 1. The van der Waals surface area contributed by atoms with Crippen LogP contribution in [0.15, 0.2) is 0 Å². The molecule has 2 saturated heterocycles. The summed E-state index contributed by atoms with van der Waals surface area (Å²) in [6.45, 7) is 0.143. The van der Waals surface area contributed by atoms with Gasteiger partial charge in [0.05, 0.1) is 6.54 Å². The Bertz CT molecular complexity index is 244. The highest BCUT2D eigenvalue weighted by atomic mass is 16.7. The summed E-state index contributed by atoms with van der Waals surface area (Å²) in [4.78, 5) is 10.8. The second-order valence-corrected chi connectivity index (χ2v) is 3.30. The molecule has 0 aromatic carbocycles. The van der Waals surface area contributed by atoms with Crippen LogP contribution in [0.1, 0.15) is 0 Å². The number of aliphatic hydroxyl groups excluding tert-OH is 3. The van der Waals surface area contributed by atoms with Crippen molar-refractivity contribution in [1.29, 1.82) is 0 Å².